The van der Waals surface area contributed by atoms with Crippen LogP contribution in [-0.2, 0) is 0 Å². The van der Waals surface area contributed by atoms with Gasteiger partial charge in [-0.3, -0.25) is 0 Å². The summed E-state index contributed by atoms with van der Waals surface area (Å²) in [5.41, 5.74) is 7.23. The number of nitrogens with two attached hydrogens (primary N) is 1. The van der Waals surface area contributed by atoms with E-state index in [1.165, 1.54) is 0 Å². The summed E-state index contributed by atoms with van der Waals surface area (Å²) in [4.78, 5) is 0. The fraction of sp³-hybridized carbons (Fsp3) is 0.200. The highest BCUT2D eigenvalue weighted by molar-refractivity contribution is 6.30. The van der Waals surface area contributed by atoms with Crippen LogP contribution in [0.4, 0.5) is 0 Å². The minimum absolute atomic E-state index is 0.415. The lowest BCUT2D eigenvalue weighted by molar-refractivity contribution is 0.413. The van der Waals surface area contributed by atoms with Gasteiger partial charge in [-0.1, -0.05) is 18.2 Å². The van der Waals surface area contributed by atoms with Crippen LogP contribution in [0.1, 0.15) is 5.56 Å². The highest BCUT2D eigenvalue weighted by Gasteiger charge is 2.05. The van der Waals surface area contributed by atoms with Crippen LogP contribution in [0.5, 0.6) is 5.75 Å². The second kappa shape index (κ2) is 4.30. The van der Waals surface area contributed by atoms with Crippen molar-refractivity contribution in [3.8, 4) is 5.75 Å². The molecule has 70 valence electrons. The molecule has 0 atom stereocenters. The number of benzene rings is 1. The summed E-state index contributed by atoms with van der Waals surface area (Å²) in [5, 5.41) is 0.644. The molecule has 0 aliphatic rings. The minimum atomic E-state index is 0.415. The molecule has 2 nitrogen and oxygen atoms in total. The Morgan fingerprint density at radius 2 is 2.31 bits per heavy atom. The molecule has 0 radical (unpaired) electrons. The van der Waals surface area contributed by atoms with Gasteiger partial charge in [0.05, 0.1) is 7.11 Å². The van der Waals surface area contributed by atoms with Crippen LogP contribution in [0, 0.1) is 0 Å². The average Bonchev–Trinajstić information content (AvgIpc) is 2.16. The van der Waals surface area contributed by atoms with Gasteiger partial charge in [0.25, 0.3) is 0 Å². The van der Waals surface area contributed by atoms with Crippen LogP contribution in [-0.4, -0.2) is 13.7 Å². The Morgan fingerprint density at radius 1 is 1.62 bits per heavy atom. The van der Waals surface area contributed by atoms with E-state index in [0.717, 1.165) is 11.1 Å². The second-order valence-electron chi connectivity index (χ2n) is 2.65. The molecule has 13 heavy (non-hydrogen) atoms. The van der Waals surface area contributed by atoms with Crippen LogP contribution < -0.4 is 10.5 Å². The highest BCUT2D eigenvalue weighted by atomic mass is 35.5. The maximum absolute atomic E-state index is 5.80. The fourth-order valence-corrected chi connectivity index (χ4v) is 1.23. The Balaban J connectivity index is 3.13. The zero-order valence-electron chi connectivity index (χ0n) is 7.51. The number of rotatable bonds is 3. The fourth-order valence-electron chi connectivity index (χ4n) is 1.07. The lowest BCUT2D eigenvalue weighted by atomic mass is 10.1. The number of hydrogen-bond donors (Lipinski definition) is 1. The van der Waals surface area contributed by atoms with Gasteiger partial charge in [-0.25, -0.2) is 0 Å². The summed E-state index contributed by atoms with van der Waals surface area (Å²) in [7, 11) is 1.60. The predicted molar refractivity (Wildman–Crippen MR) is 56.1 cm³/mol. The summed E-state index contributed by atoms with van der Waals surface area (Å²) in [5.74, 6) is 0.711. The van der Waals surface area contributed by atoms with Crippen molar-refractivity contribution < 1.29 is 4.74 Å². The molecule has 0 fully saturated rings. The molecular weight excluding hydrogens is 186 g/mol. The van der Waals surface area contributed by atoms with Gasteiger partial charge >= 0.3 is 0 Å². The van der Waals surface area contributed by atoms with E-state index >= 15 is 0 Å². The molecule has 3 heteroatoms. The van der Waals surface area contributed by atoms with Crippen molar-refractivity contribution in [3.05, 3.63) is 35.4 Å². The van der Waals surface area contributed by atoms with Crippen molar-refractivity contribution in [1.82, 2.24) is 0 Å². The smallest absolute Gasteiger partial charge is 0.127 e. The Hall–Kier alpha value is -0.990. The number of methoxy groups -OCH3 is 1. The van der Waals surface area contributed by atoms with Gasteiger partial charge < -0.3 is 10.5 Å². The summed E-state index contributed by atoms with van der Waals surface area (Å²) in [6.07, 6.45) is 0. The number of hydrogen-bond acceptors (Lipinski definition) is 2. The zero-order valence-corrected chi connectivity index (χ0v) is 8.27. The molecular formula is C10H12ClNO. The summed E-state index contributed by atoms with van der Waals surface area (Å²) < 4.78 is 5.15. The van der Waals surface area contributed by atoms with E-state index in [0.29, 0.717) is 17.3 Å². The highest BCUT2D eigenvalue weighted by Crippen LogP contribution is 2.27. The standard InChI is InChI=1S/C10H12ClNO/c1-7(6-12)9-4-3-8(11)5-10(9)13-2/h3-5H,1,6,12H2,2H3. The third-order valence-electron chi connectivity index (χ3n) is 1.79. The Morgan fingerprint density at radius 3 is 2.85 bits per heavy atom. The quantitative estimate of drug-likeness (QED) is 0.807. The van der Waals surface area contributed by atoms with Gasteiger partial charge in [-0.05, 0) is 23.8 Å². The SMILES string of the molecule is C=C(CN)c1ccc(Cl)cc1OC. The molecule has 0 aliphatic carbocycles. The van der Waals surface area contributed by atoms with E-state index in [2.05, 4.69) is 6.58 Å². The molecule has 1 aromatic rings. The van der Waals surface area contributed by atoms with Gasteiger partial charge in [0.1, 0.15) is 5.75 Å². The van der Waals surface area contributed by atoms with Gasteiger partial charge in [-0.2, -0.15) is 0 Å². The van der Waals surface area contributed by atoms with Crippen LogP contribution in [0.3, 0.4) is 0 Å². The summed E-state index contributed by atoms with van der Waals surface area (Å²) in [6.45, 7) is 4.25. The van der Waals surface area contributed by atoms with Crippen molar-refractivity contribution in [1.29, 1.82) is 0 Å². The second-order valence-corrected chi connectivity index (χ2v) is 3.09. The molecule has 0 aromatic heterocycles. The molecule has 0 spiro atoms. The van der Waals surface area contributed by atoms with E-state index in [9.17, 15) is 0 Å². The van der Waals surface area contributed by atoms with E-state index in [1.54, 1.807) is 19.2 Å². The monoisotopic (exact) mass is 197 g/mol. The van der Waals surface area contributed by atoms with E-state index in [1.807, 2.05) is 6.07 Å². The lowest BCUT2D eigenvalue weighted by Gasteiger charge is -2.09. The number of ether oxygens (including phenoxy) is 1. The molecule has 1 aromatic carbocycles. The first-order valence-electron chi connectivity index (χ1n) is 3.90. The molecule has 0 aliphatic heterocycles. The molecule has 1 rings (SSSR count). The van der Waals surface area contributed by atoms with E-state index < -0.39 is 0 Å². The van der Waals surface area contributed by atoms with Crippen molar-refractivity contribution >= 4 is 17.2 Å². The maximum Gasteiger partial charge on any atom is 0.127 e. The van der Waals surface area contributed by atoms with Crippen LogP contribution in [0.15, 0.2) is 24.8 Å². The van der Waals surface area contributed by atoms with Gasteiger partial charge in [-0.15, -0.1) is 0 Å². The molecule has 0 amide bonds. The molecule has 0 heterocycles. The zero-order chi connectivity index (χ0) is 9.84. The first-order valence-corrected chi connectivity index (χ1v) is 4.28. The molecule has 0 bridgehead atoms. The summed E-state index contributed by atoms with van der Waals surface area (Å²) in [6, 6.07) is 5.40. The third kappa shape index (κ3) is 2.23. The Bertz CT molecular complexity index is 323. The van der Waals surface area contributed by atoms with Crippen LogP contribution in [0.2, 0.25) is 5.02 Å². The van der Waals surface area contributed by atoms with Gasteiger partial charge in [0.2, 0.25) is 0 Å². The first-order chi connectivity index (χ1) is 6.19. The van der Waals surface area contributed by atoms with Crippen molar-refractivity contribution in [2.45, 2.75) is 0 Å². The predicted octanol–water partition coefficient (Wildman–Crippen LogP) is 2.32. The normalized spacial score (nSPS) is 9.77. The van der Waals surface area contributed by atoms with Crippen molar-refractivity contribution in [3.63, 3.8) is 0 Å². The van der Waals surface area contributed by atoms with E-state index in [4.69, 9.17) is 22.1 Å². The van der Waals surface area contributed by atoms with Crippen LogP contribution >= 0.6 is 11.6 Å². The molecule has 2 N–H and O–H groups in total. The Kier molecular flexibility index (Phi) is 3.34. The van der Waals surface area contributed by atoms with Crippen LogP contribution in [0.25, 0.3) is 5.57 Å². The lowest BCUT2D eigenvalue weighted by Crippen LogP contribution is -2.02. The minimum Gasteiger partial charge on any atom is -0.496 e. The molecule has 0 unspecified atom stereocenters. The largest absolute Gasteiger partial charge is 0.496 e. The van der Waals surface area contributed by atoms with Crippen molar-refractivity contribution in [2.75, 3.05) is 13.7 Å². The van der Waals surface area contributed by atoms with Crippen molar-refractivity contribution in [2.24, 2.45) is 5.73 Å². The van der Waals surface area contributed by atoms with E-state index in [-0.39, 0.29) is 0 Å². The van der Waals surface area contributed by atoms with Gasteiger partial charge in [0, 0.05) is 17.1 Å². The third-order valence-corrected chi connectivity index (χ3v) is 2.03. The number of halogens is 1. The molecule has 0 saturated carbocycles. The summed E-state index contributed by atoms with van der Waals surface area (Å²) >= 11 is 5.80. The maximum atomic E-state index is 5.80. The molecule has 0 saturated heterocycles. The Labute approximate surface area is 83.0 Å². The first kappa shape index (κ1) is 10.1. The average molecular weight is 198 g/mol. The van der Waals surface area contributed by atoms with Gasteiger partial charge in [0.15, 0.2) is 0 Å². The topological polar surface area (TPSA) is 35.2 Å².